The lowest BCUT2D eigenvalue weighted by Gasteiger charge is -2.30. The molecule has 0 saturated heterocycles. The average molecular weight is 405 g/mol. The van der Waals surface area contributed by atoms with E-state index in [9.17, 15) is 19.7 Å². The molecule has 2 aromatic carbocycles. The zero-order valence-electron chi connectivity index (χ0n) is 15.1. The number of nitro benzene ring substituents is 1. The van der Waals surface area contributed by atoms with E-state index in [1.165, 1.54) is 24.3 Å². The molecule has 0 aliphatic carbocycles. The SMILES string of the molecule is Cl.Nc1cccc2c1CCCN2C(=O)CCNC(=O)c1ccc([N+](=O)[O-])cc1. The van der Waals surface area contributed by atoms with E-state index in [1.54, 1.807) is 4.90 Å². The van der Waals surface area contributed by atoms with E-state index in [0.717, 1.165) is 24.1 Å². The van der Waals surface area contributed by atoms with Crippen LogP contribution < -0.4 is 16.0 Å². The third-order valence-corrected chi connectivity index (χ3v) is 4.55. The monoisotopic (exact) mass is 404 g/mol. The molecule has 0 saturated carbocycles. The quantitative estimate of drug-likeness (QED) is 0.451. The van der Waals surface area contributed by atoms with Gasteiger partial charge in [0.15, 0.2) is 0 Å². The van der Waals surface area contributed by atoms with Crippen molar-refractivity contribution in [3.8, 4) is 0 Å². The summed E-state index contributed by atoms with van der Waals surface area (Å²) in [6, 6.07) is 10.9. The first-order valence-corrected chi connectivity index (χ1v) is 8.68. The first kappa shape index (κ1) is 21.2. The highest BCUT2D eigenvalue weighted by atomic mass is 35.5. The fourth-order valence-corrected chi connectivity index (χ4v) is 3.17. The Labute approximate surface area is 168 Å². The molecule has 0 spiro atoms. The average Bonchev–Trinajstić information content (AvgIpc) is 2.67. The molecule has 28 heavy (non-hydrogen) atoms. The topological polar surface area (TPSA) is 119 Å². The Morgan fingerprint density at radius 3 is 2.57 bits per heavy atom. The smallest absolute Gasteiger partial charge is 0.269 e. The van der Waals surface area contributed by atoms with Gasteiger partial charge in [-0.2, -0.15) is 0 Å². The van der Waals surface area contributed by atoms with Crippen LogP contribution in [0.25, 0.3) is 0 Å². The van der Waals surface area contributed by atoms with E-state index in [4.69, 9.17) is 5.73 Å². The number of nitrogens with zero attached hydrogens (tertiary/aromatic N) is 2. The van der Waals surface area contributed by atoms with E-state index >= 15 is 0 Å². The molecule has 0 aromatic heterocycles. The number of carbonyl (C=O) groups excluding carboxylic acids is 2. The molecule has 1 aliphatic heterocycles. The third-order valence-electron chi connectivity index (χ3n) is 4.55. The van der Waals surface area contributed by atoms with Crippen molar-refractivity contribution < 1.29 is 14.5 Å². The molecule has 1 aliphatic rings. The summed E-state index contributed by atoms with van der Waals surface area (Å²) < 4.78 is 0. The van der Waals surface area contributed by atoms with Crippen molar-refractivity contribution in [3.05, 3.63) is 63.7 Å². The second kappa shape index (κ2) is 9.18. The van der Waals surface area contributed by atoms with Crippen LogP contribution in [0, 0.1) is 10.1 Å². The molecule has 148 valence electrons. The van der Waals surface area contributed by atoms with Crippen LogP contribution in [-0.4, -0.2) is 29.8 Å². The Hall–Kier alpha value is -3.13. The third kappa shape index (κ3) is 4.58. The molecule has 1 heterocycles. The van der Waals surface area contributed by atoms with Gasteiger partial charge in [0.2, 0.25) is 5.91 Å². The highest BCUT2D eigenvalue weighted by molar-refractivity contribution is 5.97. The van der Waals surface area contributed by atoms with Gasteiger partial charge in [-0.15, -0.1) is 12.4 Å². The molecule has 3 N–H and O–H groups in total. The first-order valence-electron chi connectivity index (χ1n) is 8.68. The fraction of sp³-hybridized carbons (Fsp3) is 0.263. The second-order valence-corrected chi connectivity index (χ2v) is 6.30. The number of benzene rings is 2. The van der Waals surface area contributed by atoms with Crippen LogP contribution >= 0.6 is 12.4 Å². The molecule has 9 heteroatoms. The maximum atomic E-state index is 12.6. The van der Waals surface area contributed by atoms with Crippen molar-refractivity contribution in [1.82, 2.24) is 5.32 Å². The lowest BCUT2D eigenvalue weighted by molar-refractivity contribution is -0.384. The van der Waals surface area contributed by atoms with Crippen LogP contribution in [0.5, 0.6) is 0 Å². The minimum atomic E-state index is -0.524. The minimum Gasteiger partial charge on any atom is -0.398 e. The number of rotatable bonds is 5. The van der Waals surface area contributed by atoms with Crippen LogP contribution in [0.2, 0.25) is 0 Å². The number of fused-ring (bicyclic) bond motifs is 1. The fourth-order valence-electron chi connectivity index (χ4n) is 3.17. The summed E-state index contributed by atoms with van der Waals surface area (Å²) in [5.74, 6) is -0.452. The predicted molar refractivity (Wildman–Crippen MR) is 109 cm³/mol. The van der Waals surface area contributed by atoms with Crippen molar-refractivity contribution >= 4 is 41.3 Å². The maximum absolute atomic E-state index is 12.6. The Morgan fingerprint density at radius 1 is 1.18 bits per heavy atom. The zero-order chi connectivity index (χ0) is 19.4. The standard InChI is InChI=1S/C19H20N4O4.ClH/c20-16-4-1-5-17-15(16)3-2-12-22(17)18(24)10-11-21-19(25)13-6-8-14(9-7-13)23(26)27;/h1,4-9H,2-3,10-12,20H2,(H,21,25);1H. The van der Waals surface area contributed by atoms with E-state index in [2.05, 4.69) is 5.32 Å². The summed E-state index contributed by atoms with van der Waals surface area (Å²) in [6.45, 7) is 0.814. The maximum Gasteiger partial charge on any atom is 0.269 e. The van der Waals surface area contributed by atoms with Crippen LogP contribution in [-0.2, 0) is 11.2 Å². The summed E-state index contributed by atoms with van der Waals surface area (Å²) >= 11 is 0. The summed E-state index contributed by atoms with van der Waals surface area (Å²) in [7, 11) is 0. The molecule has 8 nitrogen and oxygen atoms in total. The first-order chi connectivity index (χ1) is 13.0. The summed E-state index contributed by atoms with van der Waals surface area (Å²) in [5.41, 5.74) is 8.76. The van der Waals surface area contributed by atoms with E-state index in [1.807, 2.05) is 18.2 Å². The number of carbonyl (C=O) groups is 2. The lowest BCUT2D eigenvalue weighted by atomic mass is 9.99. The molecule has 0 fully saturated rings. The Kier molecular flexibility index (Phi) is 6.94. The Balaban J connectivity index is 0.00000280. The molecule has 2 amide bonds. The van der Waals surface area contributed by atoms with Gasteiger partial charge in [0.05, 0.1) is 4.92 Å². The van der Waals surface area contributed by atoms with Crippen molar-refractivity contribution in [2.45, 2.75) is 19.3 Å². The van der Waals surface area contributed by atoms with Crippen LogP contribution in [0.3, 0.4) is 0 Å². The van der Waals surface area contributed by atoms with Gasteiger partial charge in [0, 0.05) is 48.6 Å². The van der Waals surface area contributed by atoms with Gasteiger partial charge in [-0.05, 0) is 42.7 Å². The predicted octanol–water partition coefficient (Wildman–Crippen LogP) is 2.70. The number of non-ortho nitro benzene ring substituents is 1. The van der Waals surface area contributed by atoms with Gasteiger partial charge < -0.3 is 16.0 Å². The van der Waals surface area contributed by atoms with Gasteiger partial charge in [-0.3, -0.25) is 19.7 Å². The molecule has 2 aromatic rings. The molecule has 0 bridgehead atoms. The second-order valence-electron chi connectivity index (χ2n) is 6.30. The highest BCUT2D eigenvalue weighted by Crippen LogP contribution is 2.31. The van der Waals surface area contributed by atoms with Gasteiger partial charge in [0.1, 0.15) is 0 Å². The number of nitro groups is 1. The zero-order valence-corrected chi connectivity index (χ0v) is 15.9. The van der Waals surface area contributed by atoms with Crippen LogP contribution in [0.4, 0.5) is 17.1 Å². The highest BCUT2D eigenvalue weighted by Gasteiger charge is 2.23. The van der Waals surface area contributed by atoms with Crippen molar-refractivity contribution in [1.29, 1.82) is 0 Å². The van der Waals surface area contributed by atoms with E-state index in [-0.39, 0.29) is 42.9 Å². The number of halogens is 1. The van der Waals surface area contributed by atoms with Gasteiger partial charge in [-0.25, -0.2) is 0 Å². The van der Waals surface area contributed by atoms with E-state index < -0.39 is 4.92 Å². The van der Waals surface area contributed by atoms with Gasteiger partial charge in [0.25, 0.3) is 11.6 Å². The van der Waals surface area contributed by atoms with Crippen LogP contribution in [0.15, 0.2) is 42.5 Å². The summed E-state index contributed by atoms with van der Waals surface area (Å²) in [6.07, 6.45) is 1.86. The molecular weight excluding hydrogens is 384 g/mol. The van der Waals surface area contributed by atoms with Crippen LogP contribution in [0.1, 0.15) is 28.8 Å². The molecule has 0 radical (unpaired) electrons. The molecule has 0 unspecified atom stereocenters. The summed E-state index contributed by atoms with van der Waals surface area (Å²) in [5, 5.41) is 13.3. The normalized spacial score (nSPS) is 12.5. The van der Waals surface area contributed by atoms with Crippen molar-refractivity contribution in [2.24, 2.45) is 0 Å². The Bertz CT molecular complexity index is 886. The molecule has 0 atom stereocenters. The number of nitrogens with one attached hydrogen (secondary N) is 1. The molecular formula is C19H21ClN4O4. The number of hydrogen-bond acceptors (Lipinski definition) is 5. The Morgan fingerprint density at radius 2 is 1.89 bits per heavy atom. The van der Waals surface area contributed by atoms with Gasteiger partial charge >= 0.3 is 0 Å². The van der Waals surface area contributed by atoms with Crippen molar-refractivity contribution in [3.63, 3.8) is 0 Å². The lowest BCUT2D eigenvalue weighted by Crippen LogP contribution is -2.38. The number of nitrogen functional groups attached to an aromatic ring is 1. The number of amides is 2. The number of nitrogens with two attached hydrogens (primary N) is 1. The summed E-state index contributed by atoms with van der Waals surface area (Å²) in [4.78, 5) is 36.5. The van der Waals surface area contributed by atoms with Crippen molar-refractivity contribution in [2.75, 3.05) is 23.7 Å². The number of hydrogen-bond donors (Lipinski definition) is 2. The molecule has 3 rings (SSSR count). The van der Waals surface area contributed by atoms with Gasteiger partial charge in [-0.1, -0.05) is 6.07 Å². The van der Waals surface area contributed by atoms with E-state index in [0.29, 0.717) is 17.8 Å². The largest absolute Gasteiger partial charge is 0.398 e. The minimum absolute atomic E-state index is 0. The number of anilines is 2.